The Morgan fingerprint density at radius 1 is 0.708 bits per heavy atom. The Bertz CT molecular complexity index is 403. The predicted octanol–water partition coefficient (Wildman–Crippen LogP) is 7.89. The highest BCUT2D eigenvalue weighted by atomic mass is 28.4. The average Bonchev–Trinajstić information content (AvgIpc) is 2.58. The Kier molecular flexibility index (Phi) is 11.2. The van der Waals surface area contributed by atoms with Crippen LogP contribution in [0.15, 0.2) is 24.3 Å². The molecule has 0 aliphatic rings. The average molecular weight is 349 g/mol. The fourth-order valence-electron chi connectivity index (χ4n) is 3.52. The van der Waals surface area contributed by atoms with Gasteiger partial charge in [0.1, 0.15) is 5.75 Å². The summed E-state index contributed by atoms with van der Waals surface area (Å²) in [6, 6.07) is 12.7. The van der Waals surface area contributed by atoms with Crippen LogP contribution in [-0.2, 0) is 0 Å². The zero-order valence-corrected chi connectivity index (χ0v) is 17.7. The van der Waals surface area contributed by atoms with E-state index in [1.165, 1.54) is 81.5 Å². The van der Waals surface area contributed by atoms with Crippen molar-refractivity contribution in [2.45, 2.75) is 104 Å². The molecule has 0 N–H and O–H groups in total. The summed E-state index contributed by atoms with van der Waals surface area (Å²) >= 11 is 0. The van der Waals surface area contributed by atoms with Crippen molar-refractivity contribution in [1.82, 2.24) is 0 Å². The summed E-state index contributed by atoms with van der Waals surface area (Å²) in [4.78, 5) is 0. The number of aryl methyl sites for hydroxylation is 1. The van der Waals surface area contributed by atoms with Crippen molar-refractivity contribution in [3.8, 4) is 5.75 Å². The van der Waals surface area contributed by atoms with Crippen LogP contribution in [0.2, 0.25) is 18.1 Å². The highest BCUT2D eigenvalue weighted by Gasteiger charge is 2.35. The monoisotopic (exact) mass is 348 g/mol. The lowest BCUT2D eigenvalue weighted by atomic mass is 10.2. The quantitative estimate of drug-likeness (QED) is 0.245. The topological polar surface area (TPSA) is 9.23 Å². The highest BCUT2D eigenvalue weighted by Crippen LogP contribution is 2.33. The van der Waals surface area contributed by atoms with Crippen LogP contribution in [0.3, 0.4) is 0 Å². The van der Waals surface area contributed by atoms with Gasteiger partial charge in [0.05, 0.1) is 0 Å². The third-order valence-corrected chi connectivity index (χ3v) is 9.58. The first-order valence-electron chi connectivity index (χ1n) is 10.4. The molecule has 0 atom stereocenters. The van der Waals surface area contributed by atoms with Gasteiger partial charge in [0.25, 0.3) is 8.32 Å². The van der Waals surface area contributed by atoms with Crippen molar-refractivity contribution in [3.05, 3.63) is 29.8 Å². The van der Waals surface area contributed by atoms with Gasteiger partial charge in [-0.15, -0.1) is 0 Å². The minimum atomic E-state index is -1.68. The molecule has 1 aromatic carbocycles. The van der Waals surface area contributed by atoms with Crippen molar-refractivity contribution >= 4 is 8.32 Å². The molecule has 138 valence electrons. The minimum absolute atomic E-state index is 1.16. The van der Waals surface area contributed by atoms with Crippen molar-refractivity contribution in [2.75, 3.05) is 0 Å². The molecular weight excluding hydrogens is 308 g/mol. The predicted molar refractivity (Wildman–Crippen MR) is 111 cm³/mol. The van der Waals surface area contributed by atoms with E-state index >= 15 is 0 Å². The second-order valence-electron chi connectivity index (χ2n) is 7.42. The number of rotatable bonds is 14. The van der Waals surface area contributed by atoms with Crippen LogP contribution >= 0.6 is 0 Å². The van der Waals surface area contributed by atoms with E-state index in [2.05, 4.69) is 52.0 Å². The first-order valence-corrected chi connectivity index (χ1v) is 12.9. The van der Waals surface area contributed by atoms with Crippen LogP contribution in [0.5, 0.6) is 5.75 Å². The first kappa shape index (κ1) is 21.3. The summed E-state index contributed by atoms with van der Waals surface area (Å²) in [5, 5.41) is 0. The van der Waals surface area contributed by atoms with E-state index in [1.54, 1.807) is 0 Å². The van der Waals surface area contributed by atoms with Gasteiger partial charge >= 0.3 is 0 Å². The molecule has 0 aromatic heterocycles. The molecular formula is C22H40OSi. The third kappa shape index (κ3) is 7.87. The summed E-state index contributed by atoms with van der Waals surface area (Å²) in [6.07, 6.45) is 12.0. The number of benzene rings is 1. The largest absolute Gasteiger partial charge is 0.543 e. The fourth-order valence-corrected chi connectivity index (χ4v) is 7.96. The second kappa shape index (κ2) is 12.6. The van der Waals surface area contributed by atoms with Crippen molar-refractivity contribution in [3.63, 3.8) is 0 Å². The van der Waals surface area contributed by atoms with Gasteiger partial charge in [-0.05, 0) is 36.7 Å². The smallest absolute Gasteiger partial charge is 0.251 e. The maximum Gasteiger partial charge on any atom is 0.251 e. The lowest BCUT2D eigenvalue weighted by Gasteiger charge is -2.33. The van der Waals surface area contributed by atoms with Gasteiger partial charge in [-0.1, -0.05) is 96.8 Å². The van der Waals surface area contributed by atoms with E-state index in [0.717, 1.165) is 5.75 Å². The molecule has 0 radical (unpaired) electrons. The van der Waals surface area contributed by atoms with E-state index in [0.29, 0.717) is 0 Å². The van der Waals surface area contributed by atoms with Gasteiger partial charge in [-0.3, -0.25) is 0 Å². The van der Waals surface area contributed by atoms with Gasteiger partial charge in [0.15, 0.2) is 0 Å². The second-order valence-corrected chi connectivity index (χ2v) is 11.5. The Balaban J connectivity index is 2.90. The van der Waals surface area contributed by atoms with Crippen LogP contribution in [0, 0.1) is 6.92 Å². The Labute approximate surface area is 152 Å². The molecule has 1 nitrogen and oxygen atoms in total. The summed E-state index contributed by atoms with van der Waals surface area (Å²) in [5.74, 6) is 1.16. The van der Waals surface area contributed by atoms with Crippen LogP contribution in [0.25, 0.3) is 0 Å². The molecule has 0 amide bonds. The van der Waals surface area contributed by atoms with Gasteiger partial charge in [0, 0.05) is 0 Å². The molecule has 0 bridgehead atoms. The Morgan fingerprint density at radius 3 is 1.58 bits per heavy atom. The van der Waals surface area contributed by atoms with E-state index < -0.39 is 8.32 Å². The van der Waals surface area contributed by atoms with Gasteiger partial charge in [-0.2, -0.15) is 0 Å². The van der Waals surface area contributed by atoms with E-state index in [-0.39, 0.29) is 0 Å². The third-order valence-electron chi connectivity index (χ3n) is 5.13. The lowest BCUT2D eigenvalue weighted by Crippen LogP contribution is -2.41. The van der Waals surface area contributed by atoms with E-state index in [1.807, 2.05) is 0 Å². The zero-order valence-electron chi connectivity index (χ0n) is 16.7. The van der Waals surface area contributed by atoms with Gasteiger partial charge in [0.2, 0.25) is 0 Å². The molecule has 0 unspecified atom stereocenters. The van der Waals surface area contributed by atoms with E-state index in [9.17, 15) is 0 Å². The van der Waals surface area contributed by atoms with Crippen LogP contribution < -0.4 is 4.43 Å². The molecule has 0 aliphatic carbocycles. The SMILES string of the molecule is CCCCC[Si](CCCCC)(CCCCC)Oc1ccccc1C. The molecule has 0 saturated heterocycles. The minimum Gasteiger partial charge on any atom is -0.543 e. The van der Waals surface area contributed by atoms with Crippen LogP contribution in [0.1, 0.15) is 84.1 Å². The summed E-state index contributed by atoms with van der Waals surface area (Å²) in [5.41, 5.74) is 1.30. The molecule has 1 rings (SSSR count). The Morgan fingerprint density at radius 2 is 1.17 bits per heavy atom. The normalized spacial score (nSPS) is 11.7. The standard InChI is InChI=1S/C22H40OSi/c1-5-8-13-18-24(19-14-9-6-2,20-15-10-7-3)23-22-17-12-11-16-21(22)4/h11-12,16-17H,5-10,13-15,18-20H2,1-4H3. The lowest BCUT2D eigenvalue weighted by molar-refractivity contribution is 0.502. The van der Waals surface area contributed by atoms with Crippen molar-refractivity contribution < 1.29 is 4.43 Å². The van der Waals surface area contributed by atoms with Crippen molar-refractivity contribution in [2.24, 2.45) is 0 Å². The van der Waals surface area contributed by atoms with Gasteiger partial charge in [-0.25, -0.2) is 0 Å². The molecule has 0 heterocycles. The van der Waals surface area contributed by atoms with Crippen LogP contribution in [-0.4, -0.2) is 8.32 Å². The summed E-state index contributed by atoms with van der Waals surface area (Å²) in [7, 11) is -1.68. The van der Waals surface area contributed by atoms with Crippen LogP contribution in [0.4, 0.5) is 0 Å². The molecule has 0 saturated carbocycles. The first-order chi connectivity index (χ1) is 11.7. The maximum absolute atomic E-state index is 6.91. The van der Waals surface area contributed by atoms with E-state index in [4.69, 9.17) is 4.43 Å². The summed E-state index contributed by atoms with van der Waals surface area (Å²) < 4.78 is 6.91. The Hall–Kier alpha value is -0.763. The number of unbranched alkanes of at least 4 members (excludes halogenated alkanes) is 6. The molecule has 1 aromatic rings. The molecule has 24 heavy (non-hydrogen) atoms. The van der Waals surface area contributed by atoms with Crippen molar-refractivity contribution in [1.29, 1.82) is 0 Å². The summed E-state index contributed by atoms with van der Waals surface area (Å²) in [6.45, 7) is 9.11. The highest BCUT2D eigenvalue weighted by molar-refractivity contribution is 6.74. The molecule has 0 spiro atoms. The molecule has 2 heteroatoms. The number of hydrogen-bond acceptors (Lipinski definition) is 1. The van der Waals surface area contributed by atoms with Gasteiger partial charge < -0.3 is 4.43 Å². The fraction of sp³-hybridized carbons (Fsp3) is 0.727. The maximum atomic E-state index is 6.91. The molecule has 0 aliphatic heterocycles. The zero-order chi connectivity index (χ0) is 17.7. The number of para-hydroxylation sites is 1. The molecule has 0 fully saturated rings. The number of hydrogen-bond donors (Lipinski definition) is 0.